The molecule has 88 valence electrons. The Bertz CT molecular complexity index is 377. The second kappa shape index (κ2) is 4.94. The lowest BCUT2D eigenvalue weighted by Gasteiger charge is -2.21. The van der Waals surface area contributed by atoms with E-state index in [0.717, 1.165) is 5.69 Å². The summed E-state index contributed by atoms with van der Waals surface area (Å²) in [5.74, 6) is 0.159. The van der Waals surface area contributed by atoms with E-state index < -0.39 is 11.4 Å². The van der Waals surface area contributed by atoms with Crippen molar-refractivity contribution < 1.29 is 9.53 Å². The van der Waals surface area contributed by atoms with Crippen molar-refractivity contribution in [1.82, 2.24) is 10.3 Å². The summed E-state index contributed by atoms with van der Waals surface area (Å²) in [5.41, 5.74) is 5.30. The van der Waals surface area contributed by atoms with Gasteiger partial charge in [0, 0.05) is 12.6 Å². The molecule has 0 unspecified atom stereocenters. The van der Waals surface area contributed by atoms with Crippen LogP contribution in [0.25, 0.3) is 0 Å². The smallest absolute Gasteiger partial charge is 0.237 e. The average molecular weight is 223 g/mol. The first kappa shape index (κ1) is 12.4. The number of carbonyl (C=O) groups excluding carboxylic acids is 1. The third-order valence-corrected chi connectivity index (χ3v) is 2.32. The number of nitrogens with one attached hydrogen (secondary N) is 1. The lowest BCUT2D eigenvalue weighted by molar-refractivity contribution is -0.123. The molecular weight excluding hydrogens is 206 g/mol. The third-order valence-electron chi connectivity index (χ3n) is 2.32. The second-order valence-corrected chi connectivity index (χ2v) is 4.01. The van der Waals surface area contributed by atoms with Gasteiger partial charge in [-0.2, -0.15) is 0 Å². The average Bonchev–Trinajstić information content (AvgIpc) is 2.26. The highest BCUT2D eigenvalue weighted by Crippen LogP contribution is 2.08. The van der Waals surface area contributed by atoms with Gasteiger partial charge in [0.25, 0.3) is 0 Å². The van der Waals surface area contributed by atoms with Gasteiger partial charge in [0.05, 0.1) is 18.3 Å². The molecule has 5 nitrogen and oxygen atoms in total. The molecule has 0 aliphatic heterocycles. The van der Waals surface area contributed by atoms with Crippen molar-refractivity contribution in [2.45, 2.75) is 25.9 Å². The van der Waals surface area contributed by atoms with Crippen molar-refractivity contribution in [1.29, 1.82) is 0 Å². The highest BCUT2D eigenvalue weighted by atomic mass is 16.5. The van der Waals surface area contributed by atoms with Crippen LogP contribution in [0.3, 0.4) is 0 Å². The number of pyridine rings is 1. The van der Waals surface area contributed by atoms with E-state index >= 15 is 0 Å². The van der Waals surface area contributed by atoms with E-state index in [2.05, 4.69) is 10.3 Å². The molecule has 0 atom stereocenters. The zero-order valence-corrected chi connectivity index (χ0v) is 9.78. The van der Waals surface area contributed by atoms with Crippen molar-refractivity contribution in [2.24, 2.45) is 5.73 Å². The molecule has 1 rings (SSSR count). The molecule has 0 bridgehead atoms. The summed E-state index contributed by atoms with van der Waals surface area (Å²) in [6, 6.07) is 5.47. The van der Waals surface area contributed by atoms with Crippen LogP contribution in [-0.2, 0) is 11.3 Å². The Hall–Kier alpha value is -1.62. The maximum atomic E-state index is 11.1. The van der Waals surface area contributed by atoms with Gasteiger partial charge in [0.1, 0.15) is 0 Å². The van der Waals surface area contributed by atoms with E-state index in [1.54, 1.807) is 27.0 Å². The molecular formula is C11H17N3O2. The molecule has 1 amide bonds. The van der Waals surface area contributed by atoms with Crippen LogP contribution in [0.1, 0.15) is 19.5 Å². The molecule has 0 fully saturated rings. The summed E-state index contributed by atoms with van der Waals surface area (Å²) in [5, 5.41) is 3.03. The van der Waals surface area contributed by atoms with Gasteiger partial charge < -0.3 is 10.5 Å². The Balaban J connectivity index is 2.64. The number of aromatic nitrogens is 1. The molecule has 0 saturated carbocycles. The SMILES string of the molecule is COc1cccc(CNC(C)(C)C(N)=O)n1. The van der Waals surface area contributed by atoms with Crippen molar-refractivity contribution in [2.75, 3.05) is 7.11 Å². The molecule has 1 heterocycles. The van der Waals surface area contributed by atoms with Crippen LogP contribution in [0.15, 0.2) is 18.2 Å². The first-order valence-electron chi connectivity index (χ1n) is 5.00. The number of ether oxygens (including phenoxy) is 1. The van der Waals surface area contributed by atoms with Crippen molar-refractivity contribution in [3.8, 4) is 5.88 Å². The number of rotatable bonds is 5. The van der Waals surface area contributed by atoms with Crippen LogP contribution >= 0.6 is 0 Å². The molecule has 1 aromatic heterocycles. The Morgan fingerprint density at radius 1 is 1.56 bits per heavy atom. The summed E-state index contributed by atoms with van der Waals surface area (Å²) in [6.07, 6.45) is 0. The van der Waals surface area contributed by atoms with Crippen molar-refractivity contribution >= 4 is 5.91 Å². The molecule has 0 saturated heterocycles. The predicted molar refractivity (Wildman–Crippen MR) is 60.9 cm³/mol. The van der Waals surface area contributed by atoms with Crippen molar-refractivity contribution in [3.05, 3.63) is 23.9 Å². The molecule has 0 aliphatic rings. The third kappa shape index (κ3) is 3.20. The Morgan fingerprint density at radius 3 is 2.81 bits per heavy atom. The van der Waals surface area contributed by atoms with Gasteiger partial charge in [-0.15, -0.1) is 0 Å². The largest absolute Gasteiger partial charge is 0.481 e. The summed E-state index contributed by atoms with van der Waals surface area (Å²) in [7, 11) is 1.56. The highest BCUT2D eigenvalue weighted by molar-refractivity contribution is 5.83. The summed E-state index contributed by atoms with van der Waals surface area (Å²) < 4.78 is 5.00. The maximum Gasteiger partial charge on any atom is 0.237 e. The van der Waals surface area contributed by atoms with E-state index in [-0.39, 0.29) is 0 Å². The predicted octanol–water partition coefficient (Wildman–Crippen LogP) is 0.444. The van der Waals surface area contributed by atoms with E-state index in [9.17, 15) is 4.79 Å². The minimum absolute atomic E-state index is 0.393. The van der Waals surface area contributed by atoms with Crippen LogP contribution in [0.4, 0.5) is 0 Å². The number of primary amides is 1. The van der Waals surface area contributed by atoms with Crippen LogP contribution in [0.2, 0.25) is 0 Å². The molecule has 3 N–H and O–H groups in total. The number of carbonyl (C=O) groups is 1. The summed E-state index contributed by atoms with van der Waals surface area (Å²) in [6.45, 7) is 3.93. The van der Waals surface area contributed by atoms with Gasteiger partial charge in [-0.25, -0.2) is 4.98 Å². The van der Waals surface area contributed by atoms with E-state index in [1.165, 1.54) is 0 Å². The number of nitrogens with two attached hydrogens (primary N) is 1. The van der Waals surface area contributed by atoms with Crippen LogP contribution < -0.4 is 15.8 Å². The first-order valence-corrected chi connectivity index (χ1v) is 5.00. The normalized spacial score (nSPS) is 11.2. The van der Waals surface area contributed by atoms with Gasteiger partial charge in [-0.1, -0.05) is 6.07 Å². The molecule has 5 heteroatoms. The van der Waals surface area contributed by atoms with Gasteiger partial charge >= 0.3 is 0 Å². The zero-order valence-electron chi connectivity index (χ0n) is 9.78. The summed E-state index contributed by atoms with van der Waals surface area (Å²) in [4.78, 5) is 15.3. The number of hydrogen-bond acceptors (Lipinski definition) is 4. The Kier molecular flexibility index (Phi) is 3.84. The molecule has 0 aliphatic carbocycles. The zero-order chi connectivity index (χ0) is 12.2. The number of methoxy groups -OCH3 is 1. The fourth-order valence-corrected chi connectivity index (χ4v) is 1.07. The van der Waals surface area contributed by atoms with Crippen LogP contribution in [0.5, 0.6) is 5.88 Å². The molecule has 0 radical (unpaired) electrons. The Morgan fingerprint density at radius 2 is 2.25 bits per heavy atom. The van der Waals surface area contributed by atoms with E-state index in [0.29, 0.717) is 12.4 Å². The maximum absolute atomic E-state index is 11.1. The van der Waals surface area contributed by atoms with Crippen LogP contribution in [0, 0.1) is 0 Å². The fourth-order valence-electron chi connectivity index (χ4n) is 1.07. The van der Waals surface area contributed by atoms with Gasteiger partial charge in [-0.05, 0) is 19.9 Å². The number of hydrogen-bond donors (Lipinski definition) is 2. The lowest BCUT2D eigenvalue weighted by atomic mass is 10.1. The van der Waals surface area contributed by atoms with Crippen molar-refractivity contribution in [3.63, 3.8) is 0 Å². The molecule has 1 aromatic rings. The van der Waals surface area contributed by atoms with Crippen LogP contribution in [-0.4, -0.2) is 23.5 Å². The van der Waals surface area contributed by atoms with E-state index in [1.807, 2.05) is 12.1 Å². The standard InChI is InChI=1S/C11H17N3O2/c1-11(2,10(12)15)13-7-8-5-4-6-9(14-8)16-3/h4-6,13H,7H2,1-3H3,(H2,12,15). The van der Waals surface area contributed by atoms with Gasteiger partial charge in [0.2, 0.25) is 11.8 Å². The molecule has 0 spiro atoms. The lowest BCUT2D eigenvalue weighted by Crippen LogP contribution is -2.50. The van der Waals surface area contributed by atoms with Gasteiger partial charge in [0.15, 0.2) is 0 Å². The minimum Gasteiger partial charge on any atom is -0.481 e. The quantitative estimate of drug-likeness (QED) is 0.759. The summed E-state index contributed by atoms with van der Waals surface area (Å²) >= 11 is 0. The first-order chi connectivity index (χ1) is 7.45. The topological polar surface area (TPSA) is 77.2 Å². The highest BCUT2D eigenvalue weighted by Gasteiger charge is 2.23. The molecule has 16 heavy (non-hydrogen) atoms. The number of amides is 1. The molecule has 0 aromatic carbocycles. The fraction of sp³-hybridized carbons (Fsp3) is 0.455. The minimum atomic E-state index is -0.745. The monoisotopic (exact) mass is 223 g/mol. The van der Waals surface area contributed by atoms with E-state index in [4.69, 9.17) is 10.5 Å². The number of nitrogens with zero attached hydrogens (tertiary/aromatic N) is 1. The second-order valence-electron chi connectivity index (χ2n) is 4.01. The Labute approximate surface area is 95.0 Å². The van der Waals surface area contributed by atoms with Gasteiger partial charge in [-0.3, -0.25) is 10.1 Å².